The topological polar surface area (TPSA) is 43.6 Å². The average molecular weight is 388 g/mol. The van der Waals surface area contributed by atoms with Crippen molar-refractivity contribution < 1.29 is 9.53 Å². The summed E-state index contributed by atoms with van der Waals surface area (Å²) in [6.45, 7) is 2.94. The van der Waals surface area contributed by atoms with Crippen molar-refractivity contribution in [2.24, 2.45) is 4.99 Å². The third-order valence-corrected chi connectivity index (χ3v) is 5.38. The fourth-order valence-corrected chi connectivity index (χ4v) is 4.10. The van der Waals surface area contributed by atoms with Gasteiger partial charge in [0, 0.05) is 6.54 Å². The second-order valence-corrected chi connectivity index (χ2v) is 7.34. The molecule has 4 rings (SSSR count). The Morgan fingerprint density at radius 3 is 2.50 bits per heavy atom. The first-order valence-corrected chi connectivity index (χ1v) is 10.1. The summed E-state index contributed by atoms with van der Waals surface area (Å²) in [6, 6.07) is 24.8. The second-order valence-electron chi connectivity index (χ2n) is 6.33. The van der Waals surface area contributed by atoms with Crippen LogP contribution in [0.5, 0.6) is 11.5 Å². The van der Waals surface area contributed by atoms with Crippen molar-refractivity contribution in [2.75, 3.05) is 0 Å². The van der Waals surface area contributed by atoms with Gasteiger partial charge >= 0.3 is 0 Å². The van der Waals surface area contributed by atoms with Gasteiger partial charge in [0.1, 0.15) is 11.5 Å². The lowest BCUT2D eigenvalue weighted by atomic mass is 10.2. The number of hydrogen-bond acceptors (Lipinski definition) is 3. The molecule has 0 radical (unpaired) electrons. The van der Waals surface area contributed by atoms with Gasteiger partial charge in [0.25, 0.3) is 5.91 Å². The highest BCUT2D eigenvalue weighted by Gasteiger charge is 2.13. The van der Waals surface area contributed by atoms with Crippen LogP contribution in [0.4, 0.5) is 0 Å². The summed E-state index contributed by atoms with van der Waals surface area (Å²) in [6.07, 6.45) is 0.968. The van der Waals surface area contributed by atoms with E-state index in [-0.39, 0.29) is 5.91 Å². The highest BCUT2D eigenvalue weighted by Crippen LogP contribution is 2.25. The number of ether oxygens (including phenoxy) is 1. The van der Waals surface area contributed by atoms with E-state index in [4.69, 9.17) is 4.74 Å². The van der Waals surface area contributed by atoms with E-state index in [1.54, 1.807) is 12.1 Å². The van der Waals surface area contributed by atoms with Crippen LogP contribution >= 0.6 is 11.3 Å². The molecule has 0 aliphatic carbocycles. The molecular formula is C23H20N2O2S. The molecule has 0 bridgehead atoms. The van der Waals surface area contributed by atoms with Gasteiger partial charge in [0.15, 0.2) is 4.80 Å². The van der Waals surface area contributed by atoms with Gasteiger partial charge in [-0.05, 0) is 42.8 Å². The lowest BCUT2D eigenvalue weighted by Crippen LogP contribution is -2.17. The Labute approximate surface area is 167 Å². The van der Waals surface area contributed by atoms with Gasteiger partial charge in [0.05, 0.1) is 15.8 Å². The van der Waals surface area contributed by atoms with Gasteiger partial charge in [-0.15, -0.1) is 0 Å². The molecule has 0 aliphatic rings. The fraction of sp³-hybridized carbons (Fsp3) is 0.130. The van der Waals surface area contributed by atoms with Gasteiger partial charge < -0.3 is 9.30 Å². The highest BCUT2D eigenvalue weighted by atomic mass is 32.1. The van der Waals surface area contributed by atoms with Crippen molar-refractivity contribution in [3.05, 3.63) is 89.2 Å². The van der Waals surface area contributed by atoms with E-state index in [9.17, 15) is 4.79 Å². The number of carbonyl (C=O) groups is 1. The first-order chi connectivity index (χ1) is 13.8. The van der Waals surface area contributed by atoms with Gasteiger partial charge in [-0.3, -0.25) is 4.79 Å². The number of aromatic nitrogens is 1. The Morgan fingerprint density at radius 2 is 1.68 bits per heavy atom. The maximum absolute atomic E-state index is 13.0. The molecule has 0 N–H and O–H groups in total. The smallest absolute Gasteiger partial charge is 0.283 e. The molecule has 0 saturated heterocycles. The van der Waals surface area contributed by atoms with E-state index in [2.05, 4.69) is 28.6 Å². The SMILES string of the molecule is CCCn1c(=NC(=O)c2ccccc2Oc2ccccc2)sc2ccccc21. The summed E-state index contributed by atoms with van der Waals surface area (Å²) in [5, 5.41) is 0. The summed E-state index contributed by atoms with van der Waals surface area (Å²) in [5.74, 6) is 0.888. The van der Waals surface area contributed by atoms with Crippen molar-refractivity contribution in [1.82, 2.24) is 4.57 Å². The summed E-state index contributed by atoms with van der Waals surface area (Å²) in [4.78, 5) is 18.2. The summed E-state index contributed by atoms with van der Waals surface area (Å²) < 4.78 is 9.15. The molecule has 0 aliphatic heterocycles. The predicted octanol–water partition coefficient (Wildman–Crippen LogP) is 5.65. The third kappa shape index (κ3) is 3.75. The quantitative estimate of drug-likeness (QED) is 0.444. The van der Waals surface area contributed by atoms with Gasteiger partial charge in [-0.25, -0.2) is 0 Å². The van der Waals surface area contributed by atoms with Crippen molar-refractivity contribution in [3.8, 4) is 11.5 Å². The van der Waals surface area contributed by atoms with Crippen molar-refractivity contribution in [2.45, 2.75) is 19.9 Å². The number of nitrogens with zero attached hydrogens (tertiary/aromatic N) is 2. The molecule has 4 aromatic rings. The number of rotatable bonds is 5. The minimum absolute atomic E-state index is 0.303. The number of fused-ring (bicyclic) bond motifs is 1. The molecule has 0 unspecified atom stereocenters. The molecule has 140 valence electrons. The van der Waals surface area contributed by atoms with Crippen LogP contribution < -0.4 is 9.54 Å². The largest absolute Gasteiger partial charge is 0.457 e. The van der Waals surface area contributed by atoms with E-state index < -0.39 is 0 Å². The Hall–Kier alpha value is -3.18. The normalized spacial score (nSPS) is 11.7. The van der Waals surface area contributed by atoms with Crippen LogP contribution in [0.15, 0.2) is 83.9 Å². The molecule has 1 heterocycles. The van der Waals surface area contributed by atoms with E-state index in [0.717, 1.165) is 23.2 Å². The Balaban J connectivity index is 1.75. The maximum atomic E-state index is 13.0. The lowest BCUT2D eigenvalue weighted by molar-refractivity contribution is 0.0995. The zero-order valence-corrected chi connectivity index (χ0v) is 16.4. The summed E-state index contributed by atoms with van der Waals surface area (Å²) in [5.41, 5.74) is 1.56. The zero-order chi connectivity index (χ0) is 19.3. The Bertz CT molecular complexity index is 1180. The Kier molecular flexibility index (Phi) is 5.35. The zero-order valence-electron chi connectivity index (χ0n) is 15.5. The number of thiazole rings is 1. The molecule has 0 saturated carbocycles. The third-order valence-electron chi connectivity index (χ3n) is 4.32. The minimum atomic E-state index is -0.303. The molecule has 0 atom stereocenters. The number of para-hydroxylation sites is 3. The molecule has 28 heavy (non-hydrogen) atoms. The molecule has 0 spiro atoms. The van der Waals surface area contributed by atoms with Gasteiger partial charge in [-0.2, -0.15) is 4.99 Å². The maximum Gasteiger partial charge on any atom is 0.283 e. The van der Waals surface area contributed by atoms with Crippen molar-refractivity contribution in [3.63, 3.8) is 0 Å². The second kappa shape index (κ2) is 8.23. The van der Waals surface area contributed by atoms with Crippen molar-refractivity contribution in [1.29, 1.82) is 0 Å². The predicted molar refractivity (Wildman–Crippen MR) is 113 cm³/mol. The molecule has 1 aromatic heterocycles. The monoisotopic (exact) mass is 388 g/mol. The van der Waals surface area contributed by atoms with E-state index in [0.29, 0.717) is 21.9 Å². The number of carbonyl (C=O) groups excluding carboxylic acids is 1. The lowest BCUT2D eigenvalue weighted by Gasteiger charge is -2.08. The minimum Gasteiger partial charge on any atom is -0.457 e. The number of benzene rings is 3. The highest BCUT2D eigenvalue weighted by molar-refractivity contribution is 7.16. The molecule has 1 amide bonds. The number of hydrogen-bond donors (Lipinski definition) is 0. The van der Waals surface area contributed by atoms with Crippen molar-refractivity contribution >= 4 is 27.5 Å². The standard InChI is InChI=1S/C23H20N2O2S/c1-2-16-25-19-13-7-9-15-21(19)28-23(25)24-22(26)18-12-6-8-14-20(18)27-17-10-4-3-5-11-17/h3-15H,2,16H2,1H3. The van der Waals surface area contributed by atoms with Gasteiger partial charge in [0.2, 0.25) is 0 Å². The first kappa shape index (κ1) is 18.2. The first-order valence-electron chi connectivity index (χ1n) is 9.25. The van der Waals surface area contributed by atoms with Crippen LogP contribution in [0, 0.1) is 0 Å². The summed E-state index contributed by atoms with van der Waals surface area (Å²) in [7, 11) is 0. The van der Waals surface area contributed by atoms with Crippen LogP contribution in [-0.4, -0.2) is 10.5 Å². The van der Waals surface area contributed by atoms with Crippen LogP contribution in [0.25, 0.3) is 10.2 Å². The van der Waals surface area contributed by atoms with E-state index >= 15 is 0 Å². The van der Waals surface area contributed by atoms with Crippen LogP contribution in [0.3, 0.4) is 0 Å². The Morgan fingerprint density at radius 1 is 0.964 bits per heavy atom. The number of aryl methyl sites for hydroxylation is 1. The number of amides is 1. The molecule has 4 nitrogen and oxygen atoms in total. The average Bonchev–Trinajstić information content (AvgIpc) is 3.06. The van der Waals surface area contributed by atoms with Crippen LogP contribution in [-0.2, 0) is 6.54 Å². The fourth-order valence-electron chi connectivity index (χ4n) is 3.04. The molecule has 3 aromatic carbocycles. The van der Waals surface area contributed by atoms with Crippen LogP contribution in [0.1, 0.15) is 23.7 Å². The van der Waals surface area contributed by atoms with Gasteiger partial charge in [-0.1, -0.05) is 60.7 Å². The van der Waals surface area contributed by atoms with E-state index in [1.165, 1.54) is 11.3 Å². The molecule has 5 heteroatoms. The van der Waals surface area contributed by atoms with Crippen LogP contribution in [0.2, 0.25) is 0 Å². The van der Waals surface area contributed by atoms with E-state index in [1.807, 2.05) is 54.6 Å². The summed E-state index contributed by atoms with van der Waals surface area (Å²) >= 11 is 1.53. The molecule has 0 fully saturated rings. The molecular weight excluding hydrogens is 368 g/mol.